The number of rotatable bonds is 5. The molecule has 0 saturated heterocycles. The van der Waals surface area contributed by atoms with Gasteiger partial charge in [0.05, 0.1) is 6.21 Å². The van der Waals surface area contributed by atoms with Gasteiger partial charge >= 0.3 is 0 Å². The van der Waals surface area contributed by atoms with Crippen LogP contribution in [0.15, 0.2) is 47.6 Å². The van der Waals surface area contributed by atoms with Crippen molar-refractivity contribution in [1.82, 2.24) is 5.43 Å². The monoisotopic (exact) mass is 300 g/mol. The molecule has 0 aliphatic heterocycles. The second kappa shape index (κ2) is 7.36. The summed E-state index contributed by atoms with van der Waals surface area (Å²) in [5.41, 5.74) is 4.69. The SMILES string of the molecule is Cc1ccc(OCC(=O)N/N=C\c2ccccc2F)c(C)c1. The molecule has 0 aliphatic carbocycles. The second-order valence-electron chi connectivity index (χ2n) is 4.87. The Hall–Kier alpha value is -2.69. The molecule has 0 heterocycles. The molecule has 0 saturated carbocycles. The largest absolute Gasteiger partial charge is 0.483 e. The average molecular weight is 300 g/mol. The molecule has 0 aromatic heterocycles. The van der Waals surface area contributed by atoms with Crippen LogP contribution >= 0.6 is 0 Å². The van der Waals surface area contributed by atoms with Crippen LogP contribution in [-0.2, 0) is 4.79 Å². The van der Waals surface area contributed by atoms with E-state index in [4.69, 9.17) is 4.74 Å². The van der Waals surface area contributed by atoms with Crippen molar-refractivity contribution in [2.75, 3.05) is 6.61 Å². The lowest BCUT2D eigenvalue weighted by atomic mass is 10.1. The maximum atomic E-state index is 13.3. The summed E-state index contributed by atoms with van der Waals surface area (Å²) in [6, 6.07) is 11.9. The van der Waals surface area contributed by atoms with Crippen molar-refractivity contribution >= 4 is 12.1 Å². The highest BCUT2D eigenvalue weighted by Crippen LogP contribution is 2.18. The van der Waals surface area contributed by atoms with Crippen LogP contribution in [0.2, 0.25) is 0 Å². The first-order chi connectivity index (χ1) is 10.6. The van der Waals surface area contributed by atoms with Crippen molar-refractivity contribution in [2.45, 2.75) is 13.8 Å². The molecule has 1 amide bonds. The maximum Gasteiger partial charge on any atom is 0.277 e. The van der Waals surface area contributed by atoms with Crippen molar-refractivity contribution in [3.8, 4) is 5.75 Å². The first-order valence-corrected chi connectivity index (χ1v) is 6.83. The van der Waals surface area contributed by atoms with Gasteiger partial charge < -0.3 is 4.74 Å². The topological polar surface area (TPSA) is 50.7 Å². The van der Waals surface area contributed by atoms with Crippen LogP contribution in [0.25, 0.3) is 0 Å². The first-order valence-electron chi connectivity index (χ1n) is 6.83. The second-order valence-corrected chi connectivity index (χ2v) is 4.87. The molecule has 4 nitrogen and oxygen atoms in total. The lowest BCUT2D eigenvalue weighted by molar-refractivity contribution is -0.123. The minimum absolute atomic E-state index is 0.154. The Morgan fingerprint density at radius 1 is 1.27 bits per heavy atom. The molecule has 0 atom stereocenters. The lowest BCUT2D eigenvalue weighted by Crippen LogP contribution is -2.24. The zero-order valence-corrected chi connectivity index (χ0v) is 12.5. The fourth-order valence-electron chi connectivity index (χ4n) is 1.89. The van der Waals surface area contributed by atoms with Crippen LogP contribution in [0.4, 0.5) is 4.39 Å². The molecule has 0 spiro atoms. The third-order valence-electron chi connectivity index (χ3n) is 2.99. The molecule has 1 N–H and O–H groups in total. The predicted octanol–water partition coefficient (Wildman–Crippen LogP) is 2.97. The van der Waals surface area contributed by atoms with E-state index < -0.39 is 11.7 Å². The molecule has 22 heavy (non-hydrogen) atoms. The summed E-state index contributed by atoms with van der Waals surface area (Å²) < 4.78 is 18.8. The van der Waals surface area contributed by atoms with Crippen LogP contribution in [0.1, 0.15) is 16.7 Å². The summed E-state index contributed by atoms with van der Waals surface area (Å²) in [5.74, 6) is -0.154. The highest BCUT2D eigenvalue weighted by molar-refractivity contribution is 5.83. The summed E-state index contributed by atoms with van der Waals surface area (Å²) in [4.78, 5) is 11.6. The van der Waals surface area contributed by atoms with Gasteiger partial charge in [0.25, 0.3) is 5.91 Å². The van der Waals surface area contributed by atoms with Crippen molar-refractivity contribution < 1.29 is 13.9 Å². The summed E-state index contributed by atoms with van der Waals surface area (Å²) in [6.45, 7) is 3.75. The Bertz CT molecular complexity index is 699. The number of amides is 1. The Morgan fingerprint density at radius 2 is 2.05 bits per heavy atom. The highest BCUT2D eigenvalue weighted by Gasteiger charge is 2.04. The van der Waals surface area contributed by atoms with Crippen LogP contribution in [0.5, 0.6) is 5.75 Å². The van der Waals surface area contributed by atoms with E-state index in [-0.39, 0.29) is 6.61 Å². The quantitative estimate of drug-likeness (QED) is 0.682. The van der Waals surface area contributed by atoms with Gasteiger partial charge in [0, 0.05) is 5.56 Å². The van der Waals surface area contributed by atoms with Crippen LogP contribution in [-0.4, -0.2) is 18.7 Å². The Kier molecular flexibility index (Phi) is 5.25. The Balaban J connectivity index is 1.84. The highest BCUT2D eigenvalue weighted by atomic mass is 19.1. The maximum absolute atomic E-state index is 13.3. The van der Waals surface area contributed by atoms with Gasteiger partial charge in [-0.05, 0) is 31.5 Å². The number of hydrogen-bond acceptors (Lipinski definition) is 3. The standard InChI is InChI=1S/C17H17FN2O2/c1-12-7-8-16(13(2)9-12)22-11-17(21)20-19-10-14-5-3-4-6-15(14)18/h3-10H,11H2,1-2H3,(H,20,21)/b19-10-. The van der Waals surface area contributed by atoms with Gasteiger partial charge in [-0.3, -0.25) is 4.79 Å². The van der Waals surface area contributed by atoms with Crippen LogP contribution in [0, 0.1) is 19.7 Å². The number of carbonyl (C=O) groups is 1. The summed E-state index contributed by atoms with van der Waals surface area (Å²) in [6.07, 6.45) is 1.25. The molecular formula is C17H17FN2O2. The minimum Gasteiger partial charge on any atom is -0.483 e. The third kappa shape index (κ3) is 4.41. The molecule has 0 aliphatic rings. The molecule has 2 rings (SSSR count). The number of benzene rings is 2. The number of hydrogen-bond donors (Lipinski definition) is 1. The fourth-order valence-corrected chi connectivity index (χ4v) is 1.89. The number of ether oxygens (including phenoxy) is 1. The summed E-state index contributed by atoms with van der Waals surface area (Å²) in [5, 5.41) is 3.71. The van der Waals surface area contributed by atoms with Gasteiger partial charge in [0.2, 0.25) is 0 Å². The molecule has 2 aromatic rings. The van der Waals surface area contributed by atoms with Crippen molar-refractivity contribution in [1.29, 1.82) is 0 Å². The van der Waals surface area contributed by atoms with E-state index in [0.717, 1.165) is 11.1 Å². The van der Waals surface area contributed by atoms with Gasteiger partial charge in [-0.25, -0.2) is 9.82 Å². The van der Waals surface area contributed by atoms with Gasteiger partial charge in [-0.2, -0.15) is 5.10 Å². The van der Waals surface area contributed by atoms with Crippen molar-refractivity contribution in [3.05, 3.63) is 65.0 Å². The molecule has 2 aromatic carbocycles. The van der Waals surface area contributed by atoms with Gasteiger partial charge in [0.1, 0.15) is 11.6 Å². The van der Waals surface area contributed by atoms with E-state index >= 15 is 0 Å². The van der Waals surface area contributed by atoms with E-state index in [9.17, 15) is 9.18 Å². The number of nitrogens with one attached hydrogen (secondary N) is 1. The predicted molar refractivity (Wildman–Crippen MR) is 83.5 cm³/mol. The van der Waals surface area contributed by atoms with Crippen molar-refractivity contribution in [2.24, 2.45) is 5.10 Å². The van der Waals surface area contributed by atoms with Crippen LogP contribution in [0.3, 0.4) is 0 Å². The summed E-state index contributed by atoms with van der Waals surface area (Å²) >= 11 is 0. The molecule has 0 radical (unpaired) electrons. The number of aryl methyl sites for hydroxylation is 2. The number of nitrogens with zero attached hydrogens (tertiary/aromatic N) is 1. The fraction of sp³-hybridized carbons (Fsp3) is 0.176. The van der Waals surface area contributed by atoms with E-state index in [1.807, 2.05) is 32.0 Å². The molecule has 5 heteroatoms. The summed E-state index contributed by atoms with van der Waals surface area (Å²) in [7, 11) is 0. The molecule has 0 fully saturated rings. The van der Waals surface area contributed by atoms with E-state index in [1.54, 1.807) is 18.2 Å². The lowest BCUT2D eigenvalue weighted by Gasteiger charge is -2.08. The van der Waals surface area contributed by atoms with E-state index in [1.165, 1.54) is 12.3 Å². The van der Waals surface area contributed by atoms with E-state index in [0.29, 0.717) is 11.3 Å². The Labute approximate surface area is 128 Å². The number of carbonyl (C=O) groups excluding carboxylic acids is 1. The van der Waals surface area contributed by atoms with Gasteiger partial charge in [-0.15, -0.1) is 0 Å². The first kappa shape index (κ1) is 15.7. The molecule has 0 bridgehead atoms. The zero-order valence-electron chi connectivity index (χ0n) is 12.5. The number of halogens is 1. The van der Waals surface area contributed by atoms with Crippen LogP contribution < -0.4 is 10.2 Å². The average Bonchev–Trinajstić information content (AvgIpc) is 2.48. The van der Waals surface area contributed by atoms with E-state index in [2.05, 4.69) is 10.5 Å². The Morgan fingerprint density at radius 3 is 2.77 bits per heavy atom. The minimum atomic E-state index is -0.410. The molecule has 0 unspecified atom stereocenters. The van der Waals surface area contributed by atoms with Gasteiger partial charge in [0.15, 0.2) is 6.61 Å². The smallest absolute Gasteiger partial charge is 0.277 e. The van der Waals surface area contributed by atoms with Gasteiger partial charge in [-0.1, -0.05) is 35.9 Å². The third-order valence-corrected chi connectivity index (χ3v) is 2.99. The number of hydrazone groups is 1. The molecule has 114 valence electrons. The van der Waals surface area contributed by atoms with Crippen molar-refractivity contribution in [3.63, 3.8) is 0 Å². The zero-order chi connectivity index (χ0) is 15.9. The molecular weight excluding hydrogens is 283 g/mol. The normalized spacial score (nSPS) is 10.7.